The molecule has 6 heteroatoms. The number of piperidine rings is 1. The highest BCUT2D eigenvalue weighted by atomic mass is 32.2. The quantitative estimate of drug-likeness (QED) is 0.845. The van der Waals surface area contributed by atoms with Crippen molar-refractivity contribution in [1.82, 2.24) is 13.9 Å². The first-order chi connectivity index (χ1) is 8.91. The maximum atomic E-state index is 12.1. The Bertz CT molecular complexity index is 514. The fourth-order valence-electron chi connectivity index (χ4n) is 2.52. The van der Waals surface area contributed by atoms with Gasteiger partial charge < -0.3 is 4.57 Å². The molecule has 2 heterocycles. The van der Waals surface area contributed by atoms with E-state index < -0.39 is 10.0 Å². The van der Waals surface area contributed by atoms with Crippen LogP contribution in [-0.2, 0) is 16.6 Å². The molecule has 0 N–H and O–H groups in total. The van der Waals surface area contributed by atoms with Crippen molar-refractivity contribution >= 4 is 10.0 Å². The fourth-order valence-corrected chi connectivity index (χ4v) is 3.84. The average molecular weight is 285 g/mol. The van der Waals surface area contributed by atoms with E-state index in [2.05, 4.69) is 9.55 Å². The van der Waals surface area contributed by atoms with Crippen LogP contribution in [0.25, 0.3) is 0 Å². The standard InChI is InChI=1S/C13H23N3O2S/c1-11(2)19(17,18)16-7-4-13(5-8-16)10-15-9-6-14-12(15)3/h6,9,11,13H,4-5,7-8,10H2,1-3H3. The van der Waals surface area contributed by atoms with E-state index in [9.17, 15) is 8.42 Å². The van der Waals surface area contributed by atoms with Gasteiger partial charge in [-0.05, 0) is 39.5 Å². The van der Waals surface area contributed by atoms with Crippen LogP contribution in [0.3, 0.4) is 0 Å². The number of aryl methyl sites for hydroxylation is 1. The molecule has 1 saturated heterocycles. The second kappa shape index (κ2) is 5.63. The van der Waals surface area contributed by atoms with Crippen LogP contribution in [0.5, 0.6) is 0 Å². The number of imidazole rings is 1. The third-order valence-electron chi connectivity index (χ3n) is 3.91. The third kappa shape index (κ3) is 3.17. The maximum absolute atomic E-state index is 12.1. The zero-order valence-electron chi connectivity index (χ0n) is 11.9. The molecule has 0 atom stereocenters. The van der Waals surface area contributed by atoms with Gasteiger partial charge >= 0.3 is 0 Å². The Kier molecular flexibility index (Phi) is 4.30. The Morgan fingerprint density at radius 2 is 2.00 bits per heavy atom. The molecule has 5 nitrogen and oxygen atoms in total. The van der Waals surface area contributed by atoms with Crippen molar-refractivity contribution in [3.05, 3.63) is 18.2 Å². The summed E-state index contributed by atoms with van der Waals surface area (Å²) in [6, 6.07) is 0. The van der Waals surface area contributed by atoms with E-state index in [4.69, 9.17) is 0 Å². The first-order valence-electron chi connectivity index (χ1n) is 6.88. The summed E-state index contributed by atoms with van der Waals surface area (Å²) in [5.41, 5.74) is 0. The summed E-state index contributed by atoms with van der Waals surface area (Å²) in [7, 11) is -3.08. The maximum Gasteiger partial charge on any atom is 0.216 e. The minimum Gasteiger partial charge on any atom is -0.335 e. The Balaban J connectivity index is 1.91. The van der Waals surface area contributed by atoms with E-state index in [1.807, 2.05) is 19.3 Å². The molecule has 0 aliphatic carbocycles. The Hall–Kier alpha value is -0.880. The van der Waals surface area contributed by atoms with Crippen molar-refractivity contribution in [3.8, 4) is 0 Å². The van der Waals surface area contributed by atoms with Gasteiger partial charge in [-0.2, -0.15) is 0 Å². The van der Waals surface area contributed by atoms with E-state index >= 15 is 0 Å². The van der Waals surface area contributed by atoms with E-state index in [0.717, 1.165) is 25.2 Å². The lowest BCUT2D eigenvalue weighted by Gasteiger charge is -2.32. The van der Waals surface area contributed by atoms with Gasteiger partial charge in [0.2, 0.25) is 10.0 Å². The number of hydrogen-bond acceptors (Lipinski definition) is 3. The molecular weight excluding hydrogens is 262 g/mol. The monoisotopic (exact) mass is 285 g/mol. The van der Waals surface area contributed by atoms with Crippen molar-refractivity contribution in [2.45, 2.75) is 45.4 Å². The van der Waals surface area contributed by atoms with Gasteiger partial charge in [0.05, 0.1) is 5.25 Å². The lowest BCUT2D eigenvalue weighted by Crippen LogP contribution is -2.42. The molecule has 0 saturated carbocycles. The fraction of sp³-hybridized carbons (Fsp3) is 0.769. The summed E-state index contributed by atoms with van der Waals surface area (Å²) in [4.78, 5) is 4.22. The number of nitrogens with zero attached hydrogens (tertiary/aromatic N) is 3. The summed E-state index contributed by atoms with van der Waals surface area (Å²) in [6.45, 7) is 7.74. The SMILES string of the molecule is Cc1nccn1CC1CCN(S(=O)(=O)C(C)C)CC1. The van der Waals surface area contributed by atoms with E-state index in [1.165, 1.54) is 0 Å². The van der Waals surface area contributed by atoms with Gasteiger partial charge in [0.1, 0.15) is 5.82 Å². The van der Waals surface area contributed by atoms with Crippen LogP contribution in [0.15, 0.2) is 12.4 Å². The zero-order valence-corrected chi connectivity index (χ0v) is 12.7. The minimum absolute atomic E-state index is 0.319. The van der Waals surface area contributed by atoms with Crippen LogP contribution in [-0.4, -0.2) is 40.6 Å². The lowest BCUT2D eigenvalue weighted by atomic mass is 9.98. The summed E-state index contributed by atoms with van der Waals surface area (Å²) in [5, 5.41) is -0.319. The summed E-state index contributed by atoms with van der Waals surface area (Å²) >= 11 is 0. The van der Waals surface area contributed by atoms with Gasteiger partial charge in [-0.3, -0.25) is 0 Å². The molecule has 0 radical (unpaired) electrons. The first-order valence-corrected chi connectivity index (χ1v) is 8.38. The highest BCUT2D eigenvalue weighted by molar-refractivity contribution is 7.89. The summed E-state index contributed by atoms with van der Waals surface area (Å²) in [6.07, 6.45) is 5.67. The van der Waals surface area contributed by atoms with Gasteiger partial charge in [-0.25, -0.2) is 17.7 Å². The van der Waals surface area contributed by atoms with Crippen molar-refractivity contribution in [1.29, 1.82) is 0 Å². The second-order valence-electron chi connectivity index (χ2n) is 5.56. The van der Waals surface area contributed by atoms with Crippen molar-refractivity contribution in [3.63, 3.8) is 0 Å². The predicted octanol–water partition coefficient (Wildman–Crippen LogP) is 1.64. The molecule has 1 aromatic heterocycles. The van der Waals surface area contributed by atoms with Crippen molar-refractivity contribution in [2.24, 2.45) is 5.92 Å². The molecule has 0 bridgehead atoms. The van der Waals surface area contributed by atoms with Gasteiger partial charge in [-0.1, -0.05) is 0 Å². The molecule has 19 heavy (non-hydrogen) atoms. The molecule has 1 aliphatic heterocycles. The molecule has 0 spiro atoms. The molecule has 2 rings (SSSR count). The Labute approximate surface area is 115 Å². The highest BCUT2D eigenvalue weighted by Crippen LogP contribution is 2.23. The van der Waals surface area contributed by atoms with Crippen molar-refractivity contribution < 1.29 is 8.42 Å². The smallest absolute Gasteiger partial charge is 0.216 e. The van der Waals surface area contributed by atoms with E-state index in [-0.39, 0.29) is 5.25 Å². The lowest BCUT2D eigenvalue weighted by molar-refractivity contribution is 0.251. The molecule has 0 amide bonds. The largest absolute Gasteiger partial charge is 0.335 e. The number of rotatable bonds is 4. The Morgan fingerprint density at radius 3 is 2.47 bits per heavy atom. The third-order valence-corrected chi connectivity index (χ3v) is 6.18. The van der Waals surface area contributed by atoms with Gasteiger partial charge in [0, 0.05) is 32.0 Å². The predicted molar refractivity (Wildman–Crippen MR) is 75.3 cm³/mol. The zero-order chi connectivity index (χ0) is 14.0. The molecule has 108 valence electrons. The van der Waals surface area contributed by atoms with Crippen LogP contribution in [0.4, 0.5) is 0 Å². The Morgan fingerprint density at radius 1 is 1.37 bits per heavy atom. The summed E-state index contributed by atoms with van der Waals surface area (Å²) < 4.78 is 27.9. The number of sulfonamides is 1. The normalized spacial score (nSPS) is 19.2. The first kappa shape index (κ1) is 14.5. The molecule has 0 aromatic carbocycles. The van der Waals surface area contributed by atoms with E-state index in [1.54, 1.807) is 18.2 Å². The molecular formula is C13H23N3O2S. The van der Waals surface area contributed by atoms with Gasteiger partial charge in [-0.15, -0.1) is 0 Å². The minimum atomic E-state index is -3.08. The molecule has 1 aliphatic rings. The van der Waals surface area contributed by atoms with E-state index in [0.29, 0.717) is 19.0 Å². The van der Waals surface area contributed by atoms with Crippen LogP contribution in [0.2, 0.25) is 0 Å². The molecule has 1 aromatic rings. The number of hydrogen-bond donors (Lipinski definition) is 0. The van der Waals surface area contributed by atoms with Crippen LogP contribution in [0, 0.1) is 12.8 Å². The molecule has 1 fully saturated rings. The van der Waals surface area contributed by atoms with Crippen LogP contribution >= 0.6 is 0 Å². The molecule has 0 unspecified atom stereocenters. The van der Waals surface area contributed by atoms with Crippen LogP contribution in [0.1, 0.15) is 32.5 Å². The highest BCUT2D eigenvalue weighted by Gasteiger charge is 2.30. The number of aromatic nitrogens is 2. The topological polar surface area (TPSA) is 55.2 Å². The summed E-state index contributed by atoms with van der Waals surface area (Å²) in [5.74, 6) is 1.57. The van der Waals surface area contributed by atoms with Crippen LogP contribution < -0.4 is 0 Å². The second-order valence-corrected chi connectivity index (χ2v) is 8.05. The van der Waals surface area contributed by atoms with Crippen molar-refractivity contribution in [2.75, 3.05) is 13.1 Å². The van der Waals surface area contributed by atoms with Gasteiger partial charge in [0.25, 0.3) is 0 Å². The average Bonchev–Trinajstić information content (AvgIpc) is 2.75. The van der Waals surface area contributed by atoms with Gasteiger partial charge in [0.15, 0.2) is 0 Å².